The van der Waals surface area contributed by atoms with E-state index in [9.17, 15) is 19.2 Å². The van der Waals surface area contributed by atoms with Crippen molar-refractivity contribution in [3.05, 3.63) is 59.7 Å². The van der Waals surface area contributed by atoms with Crippen molar-refractivity contribution in [1.29, 1.82) is 0 Å². The molecular formula is C33H34O12. The molecule has 0 radical (unpaired) electrons. The molecule has 7 rings (SSSR count). The summed E-state index contributed by atoms with van der Waals surface area (Å²) in [6, 6.07) is 14.7. The van der Waals surface area contributed by atoms with Gasteiger partial charge in [-0.1, -0.05) is 48.5 Å². The predicted octanol–water partition coefficient (Wildman–Crippen LogP) is 1.73. The number of carbonyl (C=O) groups is 4. The number of fused-ring (bicyclic) bond motifs is 3. The van der Waals surface area contributed by atoms with E-state index in [1.807, 2.05) is 36.4 Å². The number of carbonyl (C=O) groups excluding carboxylic acids is 4. The maximum atomic E-state index is 14.3. The lowest BCUT2D eigenvalue weighted by Gasteiger charge is -2.42. The molecule has 6 unspecified atom stereocenters. The minimum absolute atomic E-state index is 0.0166. The van der Waals surface area contributed by atoms with E-state index in [0.717, 1.165) is 11.1 Å². The van der Waals surface area contributed by atoms with Crippen LogP contribution in [0.25, 0.3) is 11.1 Å². The zero-order valence-electron chi connectivity index (χ0n) is 24.6. The lowest BCUT2D eigenvalue weighted by molar-refractivity contribution is -0.165. The van der Waals surface area contributed by atoms with Crippen LogP contribution in [0.3, 0.4) is 0 Å². The first-order valence-electron chi connectivity index (χ1n) is 15.2. The second-order valence-electron chi connectivity index (χ2n) is 11.9. The number of ether oxygens (including phenoxy) is 8. The van der Waals surface area contributed by atoms with Crippen molar-refractivity contribution in [2.45, 2.75) is 42.7 Å². The van der Waals surface area contributed by atoms with Crippen LogP contribution in [0.5, 0.6) is 0 Å². The van der Waals surface area contributed by atoms with Crippen molar-refractivity contribution < 1.29 is 57.1 Å². The fraction of sp³-hybridized carbons (Fsp3) is 0.515. The highest BCUT2D eigenvalue weighted by Crippen LogP contribution is 2.58. The van der Waals surface area contributed by atoms with Gasteiger partial charge in [0.15, 0.2) is 0 Å². The van der Waals surface area contributed by atoms with Crippen molar-refractivity contribution in [3.8, 4) is 11.1 Å². The van der Waals surface area contributed by atoms with E-state index < -0.39 is 54.0 Å². The van der Waals surface area contributed by atoms with Gasteiger partial charge in [-0.2, -0.15) is 0 Å². The van der Waals surface area contributed by atoms with Crippen molar-refractivity contribution >= 4 is 23.9 Å². The zero-order chi connectivity index (χ0) is 31.0. The maximum Gasteiger partial charge on any atom is 0.310 e. The summed E-state index contributed by atoms with van der Waals surface area (Å²) >= 11 is 0. The zero-order valence-corrected chi connectivity index (χ0v) is 24.6. The second-order valence-corrected chi connectivity index (χ2v) is 11.9. The predicted molar refractivity (Wildman–Crippen MR) is 152 cm³/mol. The molecule has 6 atom stereocenters. The SMILES string of the molecule is O=C(CC(C(=O)OCC1CO1)C1(C(CC(=O)OCC2CO2)C(=O)OCC2CO2)c2ccccc2-c2ccccc21)OCC1CO1. The maximum absolute atomic E-state index is 14.3. The number of epoxide rings is 4. The van der Waals surface area contributed by atoms with Gasteiger partial charge in [0, 0.05) is 5.41 Å². The normalized spacial score (nSPS) is 25.5. The Morgan fingerprint density at radius 3 is 1.27 bits per heavy atom. The Morgan fingerprint density at radius 1 is 0.578 bits per heavy atom. The summed E-state index contributed by atoms with van der Waals surface area (Å²) in [6.07, 6.45) is -1.73. The number of esters is 4. The van der Waals surface area contributed by atoms with Gasteiger partial charge in [-0.05, 0) is 22.3 Å². The summed E-state index contributed by atoms with van der Waals surface area (Å²) in [4.78, 5) is 55.4. The Bertz CT molecular complexity index is 1350. The highest BCUT2D eigenvalue weighted by atomic mass is 16.6. The van der Waals surface area contributed by atoms with Gasteiger partial charge in [0.25, 0.3) is 0 Å². The Labute approximate surface area is 259 Å². The summed E-state index contributed by atoms with van der Waals surface area (Å²) in [7, 11) is 0. The number of hydrogen-bond acceptors (Lipinski definition) is 12. The monoisotopic (exact) mass is 622 g/mol. The van der Waals surface area contributed by atoms with Crippen LogP contribution >= 0.6 is 0 Å². The molecular weight excluding hydrogens is 588 g/mol. The molecule has 4 aliphatic heterocycles. The van der Waals surface area contributed by atoms with Gasteiger partial charge in [0.2, 0.25) is 0 Å². The molecule has 1 aliphatic carbocycles. The molecule has 2 aromatic carbocycles. The fourth-order valence-corrected chi connectivity index (χ4v) is 6.19. The van der Waals surface area contributed by atoms with Gasteiger partial charge in [0.05, 0.1) is 51.1 Å². The third-order valence-corrected chi connectivity index (χ3v) is 8.74. The molecule has 12 heteroatoms. The van der Waals surface area contributed by atoms with Crippen LogP contribution in [0.4, 0.5) is 0 Å². The van der Waals surface area contributed by atoms with Gasteiger partial charge < -0.3 is 37.9 Å². The van der Waals surface area contributed by atoms with Gasteiger partial charge in [0.1, 0.15) is 50.8 Å². The largest absolute Gasteiger partial charge is 0.463 e. The van der Waals surface area contributed by atoms with Gasteiger partial charge in [-0.3, -0.25) is 19.2 Å². The average molecular weight is 623 g/mol. The van der Waals surface area contributed by atoms with Gasteiger partial charge in [-0.15, -0.1) is 0 Å². The molecule has 238 valence electrons. The van der Waals surface area contributed by atoms with Gasteiger partial charge >= 0.3 is 23.9 Å². The highest BCUT2D eigenvalue weighted by molar-refractivity contribution is 5.93. The number of hydrogen-bond donors (Lipinski definition) is 0. The van der Waals surface area contributed by atoms with E-state index >= 15 is 0 Å². The van der Waals surface area contributed by atoms with Crippen LogP contribution in [0, 0.1) is 11.8 Å². The molecule has 4 fully saturated rings. The van der Waals surface area contributed by atoms with Crippen molar-refractivity contribution in [2.24, 2.45) is 11.8 Å². The summed E-state index contributed by atoms with van der Waals surface area (Å²) < 4.78 is 43.5. The molecule has 4 saturated heterocycles. The summed E-state index contributed by atoms with van der Waals surface area (Å²) in [6.45, 7) is 1.92. The van der Waals surface area contributed by atoms with Crippen LogP contribution in [-0.4, -0.2) is 101 Å². The standard InChI is InChI=1S/C33H34O12/c34-29(42-15-19-11-38-19)9-27(31(36)44-17-21-13-40-21)33(25-7-3-1-5-23(25)24-6-2-4-8-26(24)33)28(32(37)45-18-22-14-41-22)10-30(35)43-16-20-12-39-20/h1-8,19-22,27-28H,9-18H2. The molecule has 0 bridgehead atoms. The minimum atomic E-state index is -1.57. The molecule has 4 heterocycles. The topological polar surface area (TPSA) is 155 Å². The first kappa shape index (κ1) is 29.8. The Balaban J connectivity index is 1.34. The van der Waals surface area contributed by atoms with Crippen LogP contribution < -0.4 is 0 Å². The Morgan fingerprint density at radius 2 is 0.911 bits per heavy atom. The molecule has 45 heavy (non-hydrogen) atoms. The van der Waals surface area contributed by atoms with Gasteiger partial charge in [-0.25, -0.2) is 0 Å². The second kappa shape index (κ2) is 12.5. The minimum Gasteiger partial charge on any atom is -0.463 e. The third-order valence-electron chi connectivity index (χ3n) is 8.74. The summed E-state index contributed by atoms with van der Waals surface area (Å²) in [5, 5.41) is 0. The summed E-state index contributed by atoms with van der Waals surface area (Å²) in [5.41, 5.74) is 1.15. The third kappa shape index (κ3) is 6.60. The molecule has 0 spiro atoms. The summed E-state index contributed by atoms with van der Waals surface area (Å²) in [5.74, 6) is -5.35. The molecule has 2 aromatic rings. The first-order valence-corrected chi connectivity index (χ1v) is 15.2. The molecule has 0 saturated carbocycles. The Kier molecular flexibility index (Phi) is 8.30. The molecule has 0 aromatic heterocycles. The van der Waals surface area contributed by atoms with Crippen LogP contribution in [-0.2, 0) is 62.5 Å². The quantitative estimate of drug-likeness (QED) is 0.152. The van der Waals surface area contributed by atoms with Crippen LogP contribution in [0.15, 0.2) is 48.5 Å². The molecule has 5 aliphatic rings. The fourth-order valence-electron chi connectivity index (χ4n) is 6.19. The van der Waals surface area contributed by atoms with E-state index in [-0.39, 0.29) is 50.8 Å². The average Bonchev–Trinajstić information content (AvgIpc) is 3.88. The Hall–Kier alpha value is -3.84. The molecule has 0 amide bonds. The molecule has 12 nitrogen and oxygen atoms in total. The van der Waals surface area contributed by atoms with E-state index in [1.165, 1.54) is 0 Å². The van der Waals surface area contributed by atoms with Crippen LogP contribution in [0.2, 0.25) is 0 Å². The first-order chi connectivity index (χ1) is 21.9. The van der Waals surface area contributed by atoms with Crippen molar-refractivity contribution in [2.75, 3.05) is 52.9 Å². The van der Waals surface area contributed by atoms with Crippen molar-refractivity contribution in [3.63, 3.8) is 0 Å². The lowest BCUT2D eigenvalue weighted by Crippen LogP contribution is -2.51. The number of benzene rings is 2. The van der Waals surface area contributed by atoms with E-state index in [0.29, 0.717) is 37.6 Å². The van der Waals surface area contributed by atoms with Crippen molar-refractivity contribution in [1.82, 2.24) is 0 Å². The van der Waals surface area contributed by atoms with Crippen LogP contribution in [0.1, 0.15) is 24.0 Å². The molecule has 0 N–H and O–H groups in total. The van der Waals surface area contributed by atoms with E-state index in [1.54, 1.807) is 12.1 Å². The number of rotatable bonds is 16. The van der Waals surface area contributed by atoms with E-state index in [2.05, 4.69) is 0 Å². The lowest BCUT2D eigenvalue weighted by atomic mass is 9.58. The smallest absolute Gasteiger partial charge is 0.310 e. The van der Waals surface area contributed by atoms with E-state index in [4.69, 9.17) is 37.9 Å². The highest BCUT2D eigenvalue weighted by Gasteiger charge is 2.60.